The molecule has 0 radical (unpaired) electrons. The third-order valence-electron chi connectivity index (χ3n) is 2.76. The number of carbonyl (C=O) groups is 1. The fraction of sp³-hybridized carbons (Fsp3) is 0.400. The van der Waals surface area contributed by atoms with E-state index < -0.39 is 10.9 Å². The summed E-state index contributed by atoms with van der Waals surface area (Å²) in [5, 5.41) is 10.5. The van der Waals surface area contributed by atoms with Crippen molar-refractivity contribution in [1.29, 1.82) is 0 Å². The number of benzene rings is 1. The van der Waals surface area contributed by atoms with E-state index in [9.17, 15) is 14.9 Å². The minimum absolute atomic E-state index is 0.0237. The first-order valence-electron chi connectivity index (χ1n) is 6.73. The van der Waals surface area contributed by atoms with Crippen molar-refractivity contribution < 1.29 is 14.5 Å². The molecule has 114 valence electrons. The fourth-order valence-electron chi connectivity index (χ4n) is 1.62. The number of ether oxygens (including phenoxy) is 1. The minimum Gasteiger partial charge on any atom is -0.463 e. The van der Waals surface area contributed by atoms with E-state index in [4.69, 9.17) is 4.74 Å². The second-order valence-electron chi connectivity index (χ2n) is 4.86. The third kappa shape index (κ3) is 7.22. The van der Waals surface area contributed by atoms with Crippen LogP contribution in [0.3, 0.4) is 0 Å². The maximum Gasteiger partial charge on any atom is 0.330 e. The molecule has 1 aromatic carbocycles. The SMILES string of the molecule is CN(C)CCCCOC(=O)/C=C/c1ccc([N+](=O)[O-])cc1. The Balaban J connectivity index is 2.31. The summed E-state index contributed by atoms with van der Waals surface area (Å²) in [6.07, 6.45) is 4.71. The van der Waals surface area contributed by atoms with Gasteiger partial charge in [0.05, 0.1) is 11.5 Å². The lowest BCUT2D eigenvalue weighted by atomic mass is 10.2. The topological polar surface area (TPSA) is 72.7 Å². The summed E-state index contributed by atoms with van der Waals surface area (Å²) in [4.78, 5) is 23.6. The van der Waals surface area contributed by atoms with E-state index >= 15 is 0 Å². The van der Waals surface area contributed by atoms with Gasteiger partial charge in [-0.25, -0.2) is 4.79 Å². The highest BCUT2D eigenvalue weighted by Gasteiger charge is 2.03. The Hall–Kier alpha value is -2.21. The maximum atomic E-state index is 11.5. The van der Waals surface area contributed by atoms with Gasteiger partial charge in [-0.05, 0) is 57.3 Å². The van der Waals surface area contributed by atoms with E-state index in [-0.39, 0.29) is 5.69 Å². The van der Waals surface area contributed by atoms with Gasteiger partial charge in [0.2, 0.25) is 0 Å². The molecule has 0 aliphatic heterocycles. The molecule has 0 aliphatic carbocycles. The minimum atomic E-state index is -0.463. The van der Waals surface area contributed by atoms with E-state index in [0.717, 1.165) is 19.4 Å². The molecule has 0 saturated heterocycles. The van der Waals surface area contributed by atoms with Gasteiger partial charge in [-0.15, -0.1) is 0 Å². The number of esters is 1. The standard InChI is InChI=1S/C15H20N2O4/c1-16(2)11-3-4-12-21-15(18)10-7-13-5-8-14(9-6-13)17(19)20/h5-10H,3-4,11-12H2,1-2H3/b10-7+. The molecule has 0 atom stereocenters. The largest absolute Gasteiger partial charge is 0.463 e. The van der Waals surface area contributed by atoms with Crippen LogP contribution < -0.4 is 0 Å². The summed E-state index contributed by atoms with van der Waals surface area (Å²) in [6, 6.07) is 5.95. The first-order valence-corrected chi connectivity index (χ1v) is 6.73. The molecule has 0 saturated carbocycles. The number of carbonyl (C=O) groups excluding carboxylic acids is 1. The van der Waals surface area contributed by atoms with E-state index in [2.05, 4.69) is 4.90 Å². The molecular weight excluding hydrogens is 272 g/mol. The first-order chi connectivity index (χ1) is 9.99. The molecule has 0 aliphatic rings. The van der Waals surface area contributed by atoms with Gasteiger partial charge in [-0.1, -0.05) is 0 Å². The van der Waals surface area contributed by atoms with Crippen molar-refractivity contribution in [2.45, 2.75) is 12.8 Å². The first kappa shape index (κ1) is 16.8. The van der Waals surface area contributed by atoms with Gasteiger partial charge in [0, 0.05) is 18.2 Å². The Morgan fingerprint density at radius 2 is 1.95 bits per heavy atom. The van der Waals surface area contributed by atoms with E-state index in [1.54, 1.807) is 18.2 Å². The second kappa shape index (κ2) is 8.86. The molecule has 0 spiro atoms. The molecule has 0 bridgehead atoms. The smallest absolute Gasteiger partial charge is 0.330 e. The highest BCUT2D eigenvalue weighted by molar-refractivity contribution is 5.87. The lowest BCUT2D eigenvalue weighted by molar-refractivity contribution is -0.384. The summed E-state index contributed by atoms with van der Waals surface area (Å²) in [5.41, 5.74) is 0.737. The third-order valence-corrected chi connectivity index (χ3v) is 2.76. The molecule has 21 heavy (non-hydrogen) atoms. The van der Waals surface area contributed by atoms with Crippen LogP contribution in [0.4, 0.5) is 5.69 Å². The molecule has 0 N–H and O–H groups in total. The number of hydrogen-bond acceptors (Lipinski definition) is 5. The van der Waals surface area contributed by atoms with Crippen LogP contribution in [0.1, 0.15) is 18.4 Å². The fourth-order valence-corrected chi connectivity index (χ4v) is 1.62. The van der Waals surface area contributed by atoms with Gasteiger partial charge in [-0.3, -0.25) is 10.1 Å². The van der Waals surface area contributed by atoms with E-state index in [1.807, 2.05) is 14.1 Å². The highest BCUT2D eigenvalue weighted by atomic mass is 16.6. The number of nitro benzene ring substituents is 1. The predicted octanol–water partition coefficient (Wildman–Crippen LogP) is 2.49. The van der Waals surface area contributed by atoms with Crippen LogP contribution in [0.5, 0.6) is 0 Å². The van der Waals surface area contributed by atoms with Gasteiger partial charge in [0.1, 0.15) is 0 Å². The summed E-state index contributed by atoms with van der Waals surface area (Å²) in [5.74, 6) is -0.404. The van der Waals surface area contributed by atoms with Gasteiger partial charge < -0.3 is 9.64 Å². The number of hydrogen-bond donors (Lipinski definition) is 0. The number of non-ortho nitro benzene ring substituents is 1. The van der Waals surface area contributed by atoms with Gasteiger partial charge in [0.25, 0.3) is 5.69 Å². The molecular formula is C15H20N2O4. The number of nitro groups is 1. The molecule has 0 unspecified atom stereocenters. The monoisotopic (exact) mass is 292 g/mol. The van der Waals surface area contributed by atoms with Gasteiger partial charge in [0.15, 0.2) is 0 Å². The van der Waals surface area contributed by atoms with Crippen molar-refractivity contribution in [2.24, 2.45) is 0 Å². The van der Waals surface area contributed by atoms with Crippen LogP contribution in [0.15, 0.2) is 30.3 Å². The normalized spacial score (nSPS) is 11.0. The number of unbranched alkanes of at least 4 members (excludes halogenated alkanes) is 1. The molecule has 6 nitrogen and oxygen atoms in total. The van der Waals surface area contributed by atoms with Crippen LogP contribution >= 0.6 is 0 Å². The van der Waals surface area contributed by atoms with Crippen LogP contribution in [0.2, 0.25) is 0 Å². The number of rotatable bonds is 8. The second-order valence-corrected chi connectivity index (χ2v) is 4.86. The van der Waals surface area contributed by atoms with Crippen molar-refractivity contribution in [2.75, 3.05) is 27.2 Å². The Morgan fingerprint density at radius 3 is 2.52 bits per heavy atom. The van der Waals surface area contributed by atoms with Crippen LogP contribution in [0, 0.1) is 10.1 Å². The van der Waals surface area contributed by atoms with Gasteiger partial charge in [-0.2, -0.15) is 0 Å². The summed E-state index contributed by atoms with van der Waals surface area (Å²) in [7, 11) is 4.00. The molecule has 6 heteroatoms. The molecule has 1 rings (SSSR count). The number of nitrogens with zero attached hydrogens (tertiary/aromatic N) is 2. The Kier molecular flexibility index (Phi) is 7.11. The maximum absolute atomic E-state index is 11.5. The average molecular weight is 292 g/mol. The van der Waals surface area contributed by atoms with Crippen LogP contribution in [-0.4, -0.2) is 43.0 Å². The molecule has 0 aromatic heterocycles. The average Bonchev–Trinajstić information content (AvgIpc) is 2.44. The molecule has 0 fully saturated rings. The quantitative estimate of drug-likeness (QED) is 0.242. The zero-order chi connectivity index (χ0) is 15.7. The lowest BCUT2D eigenvalue weighted by Gasteiger charge is -2.08. The zero-order valence-corrected chi connectivity index (χ0v) is 12.3. The Labute approximate surface area is 124 Å². The van der Waals surface area contributed by atoms with E-state index in [0.29, 0.717) is 12.2 Å². The van der Waals surface area contributed by atoms with Crippen LogP contribution in [-0.2, 0) is 9.53 Å². The van der Waals surface area contributed by atoms with Crippen molar-refractivity contribution in [1.82, 2.24) is 4.90 Å². The van der Waals surface area contributed by atoms with Crippen molar-refractivity contribution >= 4 is 17.7 Å². The van der Waals surface area contributed by atoms with E-state index in [1.165, 1.54) is 18.2 Å². The summed E-state index contributed by atoms with van der Waals surface area (Å²) in [6.45, 7) is 1.37. The van der Waals surface area contributed by atoms with Crippen molar-refractivity contribution in [3.05, 3.63) is 46.0 Å². The van der Waals surface area contributed by atoms with Crippen LogP contribution in [0.25, 0.3) is 6.08 Å². The molecule has 0 amide bonds. The predicted molar refractivity (Wildman–Crippen MR) is 80.9 cm³/mol. The molecule has 1 aromatic rings. The summed E-state index contributed by atoms with van der Waals surface area (Å²) >= 11 is 0. The highest BCUT2D eigenvalue weighted by Crippen LogP contribution is 2.12. The Bertz CT molecular complexity index is 495. The van der Waals surface area contributed by atoms with Crippen molar-refractivity contribution in [3.8, 4) is 0 Å². The lowest BCUT2D eigenvalue weighted by Crippen LogP contribution is -2.13. The summed E-state index contributed by atoms with van der Waals surface area (Å²) < 4.78 is 5.06. The van der Waals surface area contributed by atoms with Gasteiger partial charge >= 0.3 is 5.97 Å². The molecule has 0 heterocycles. The Morgan fingerprint density at radius 1 is 1.29 bits per heavy atom. The zero-order valence-electron chi connectivity index (χ0n) is 12.3. The van der Waals surface area contributed by atoms with Crippen molar-refractivity contribution in [3.63, 3.8) is 0 Å².